The SMILES string of the molecule is c1cc(-c2ccc3ccccc3c2)cc(N(c2ccc(-c3ccc4c(c3)sc3ccccc34)cc2)c2ccc(-c3cccc4c3sc3ccccc34)cc2)c1. The molecule has 0 amide bonds. The summed E-state index contributed by atoms with van der Waals surface area (Å²) in [7, 11) is 0. The minimum Gasteiger partial charge on any atom is -0.310 e. The summed E-state index contributed by atoms with van der Waals surface area (Å²) >= 11 is 3.74. The van der Waals surface area contributed by atoms with Crippen molar-refractivity contribution in [1.82, 2.24) is 0 Å². The van der Waals surface area contributed by atoms with Crippen LogP contribution in [-0.2, 0) is 0 Å². The fraction of sp³-hybridized carbons (Fsp3) is 0. The Balaban J connectivity index is 1.00. The quantitative estimate of drug-likeness (QED) is 0.164. The number of thiophene rings is 2. The van der Waals surface area contributed by atoms with Gasteiger partial charge in [0, 0.05) is 57.4 Å². The first-order valence-corrected chi connectivity index (χ1v) is 20.3. The second-order valence-corrected chi connectivity index (χ2v) is 16.3. The van der Waals surface area contributed by atoms with Crippen molar-refractivity contribution in [3.05, 3.63) is 200 Å². The summed E-state index contributed by atoms with van der Waals surface area (Å²) in [5.41, 5.74) is 10.7. The van der Waals surface area contributed by atoms with E-state index in [4.69, 9.17) is 0 Å². The number of nitrogens with zero attached hydrogens (tertiary/aromatic N) is 1. The molecule has 0 atom stereocenters. The van der Waals surface area contributed by atoms with Crippen molar-refractivity contribution < 1.29 is 0 Å². The summed E-state index contributed by atoms with van der Waals surface area (Å²) in [6.07, 6.45) is 0. The largest absolute Gasteiger partial charge is 0.310 e. The van der Waals surface area contributed by atoms with Crippen LogP contribution in [0.1, 0.15) is 0 Å². The molecule has 2 aromatic heterocycles. The predicted molar refractivity (Wildman–Crippen MR) is 241 cm³/mol. The molecular formula is C52H33NS2. The highest BCUT2D eigenvalue weighted by molar-refractivity contribution is 7.26. The molecule has 0 aliphatic carbocycles. The van der Waals surface area contributed by atoms with Crippen LogP contribution in [0.25, 0.3) is 84.5 Å². The van der Waals surface area contributed by atoms with E-state index in [0.717, 1.165) is 17.1 Å². The number of hydrogen-bond acceptors (Lipinski definition) is 3. The summed E-state index contributed by atoms with van der Waals surface area (Å²) in [5, 5.41) is 7.80. The third-order valence-corrected chi connectivity index (χ3v) is 13.2. The summed E-state index contributed by atoms with van der Waals surface area (Å²) in [5.74, 6) is 0. The highest BCUT2D eigenvalue weighted by Gasteiger charge is 2.16. The second kappa shape index (κ2) is 13.1. The molecule has 0 N–H and O–H groups in total. The summed E-state index contributed by atoms with van der Waals surface area (Å²) in [6, 6.07) is 73.4. The van der Waals surface area contributed by atoms with Crippen molar-refractivity contribution >= 4 is 90.9 Å². The predicted octanol–water partition coefficient (Wildman–Crippen LogP) is 16.0. The summed E-state index contributed by atoms with van der Waals surface area (Å²) in [6.45, 7) is 0. The fourth-order valence-corrected chi connectivity index (χ4v) is 10.5. The first-order valence-electron chi connectivity index (χ1n) is 18.7. The maximum atomic E-state index is 2.38. The van der Waals surface area contributed by atoms with Gasteiger partial charge in [-0.25, -0.2) is 0 Å². The van der Waals surface area contributed by atoms with Crippen LogP contribution in [0.5, 0.6) is 0 Å². The van der Waals surface area contributed by atoms with Gasteiger partial charge in [-0.1, -0.05) is 140 Å². The molecule has 55 heavy (non-hydrogen) atoms. The third-order valence-electron chi connectivity index (χ3n) is 10.9. The minimum atomic E-state index is 1.11. The Bertz CT molecular complexity index is 3200. The van der Waals surface area contributed by atoms with Gasteiger partial charge in [0.05, 0.1) is 0 Å². The Morgan fingerprint density at radius 2 is 0.855 bits per heavy atom. The first-order chi connectivity index (χ1) is 27.2. The van der Waals surface area contributed by atoms with Gasteiger partial charge in [-0.05, 0) is 105 Å². The van der Waals surface area contributed by atoms with Gasteiger partial charge in [0.25, 0.3) is 0 Å². The topological polar surface area (TPSA) is 3.24 Å². The molecule has 11 rings (SSSR count). The van der Waals surface area contributed by atoms with Crippen molar-refractivity contribution in [2.75, 3.05) is 4.90 Å². The Hall–Kier alpha value is -6.52. The maximum absolute atomic E-state index is 2.38. The van der Waals surface area contributed by atoms with Gasteiger partial charge in [0.2, 0.25) is 0 Å². The van der Waals surface area contributed by atoms with Crippen LogP contribution in [-0.4, -0.2) is 0 Å². The molecule has 0 saturated heterocycles. The number of anilines is 3. The van der Waals surface area contributed by atoms with E-state index in [-0.39, 0.29) is 0 Å². The number of benzene rings is 9. The number of fused-ring (bicyclic) bond motifs is 7. The zero-order chi connectivity index (χ0) is 36.3. The standard InChI is InChI=1S/C52H33NS2/c1-2-10-37-31-39(20-19-34(37)9-1)38-11-7-12-43(32-38)53(41-26-21-35(22-27-41)40-25-30-47-45-13-3-5-17-49(45)54-51(47)33-40)42-28-23-36(24-29-42)44-15-8-16-48-46-14-4-6-18-50(46)55-52(44)48/h1-33H. The molecule has 0 radical (unpaired) electrons. The lowest BCUT2D eigenvalue weighted by Crippen LogP contribution is -2.10. The zero-order valence-electron chi connectivity index (χ0n) is 29.8. The normalized spacial score (nSPS) is 11.6. The lowest BCUT2D eigenvalue weighted by molar-refractivity contribution is 1.28. The van der Waals surface area contributed by atoms with Crippen molar-refractivity contribution in [2.24, 2.45) is 0 Å². The molecule has 9 aromatic carbocycles. The van der Waals surface area contributed by atoms with Gasteiger partial charge < -0.3 is 4.90 Å². The van der Waals surface area contributed by atoms with E-state index >= 15 is 0 Å². The Labute approximate surface area is 327 Å². The molecule has 0 aliphatic rings. The maximum Gasteiger partial charge on any atom is 0.0467 e. The zero-order valence-corrected chi connectivity index (χ0v) is 31.4. The molecule has 1 nitrogen and oxygen atoms in total. The average molecular weight is 736 g/mol. The van der Waals surface area contributed by atoms with Crippen LogP contribution in [0.3, 0.4) is 0 Å². The fourth-order valence-electron chi connectivity index (χ4n) is 8.11. The van der Waals surface area contributed by atoms with E-state index < -0.39 is 0 Å². The van der Waals surface area contributed by atoms with E-state index in [0.29, 0.717) is 0 Å². The highest BCUT2D eigenvalue weighted by Crippen LogP contribution is 2.43. The molecule has 0 saturated carbocycles. The van der Waals surface area contributed by atoms with Crippen LogP contribution < -0.4 is 4.90 Å². The smallest absolute Gasteiger partial charge is 0.0467 e. The Morgan fingerprint density at radius 1 is 0.291 bits per heavy atom. The van der Waals surface area contributed by atoms with Gasteiger partial charge in [-0.15, -0.1) is 22.7 Å². The summed E-state index contributed by atoms with van der Waals surface area (Å²) in [4.78, 5) is 2.38. The first kappa shape index (κ1) is 32.0. The van der Waals surface area contributed by atoms with Crippen LogP contribution in [0, 0.1) is 0 Å². The Kier molecular flexibility index (Phi) is 7.61. The van der Waals surface area contributed by atoms with E-state index in [1.165, 1.54) is 84.5 Å². The van der Waals surface area contributed by atoms with Crippen LogP contribution in [0.4, 0.5) is 17.1 Å². The molecule has 258 valence electrons. The molecule has 3 heteroatoms. The lowest BCUT2D eigenvalue weighted by atomic mass is 9.99. The van der Waals surface area contributed by atoms with Gasteiger partial charge in [-0.3, -0.25) is 0 Å². The van der Waals surface area contributed by atoms with Gasteiger partial charge in [-0.2, -0.15) is 0 Å². The van der Waals surface area contributed by atoms with Gasteiger partial charge in [0.1, 0.15) is 0 Å². The number of rotatable bonds is 6. The molecule has 0 spiro atoms. The molecule has 2 heterocycles. The van der Waals surface area contributed by atoms with Crippen molar-refractivity contribution in [3.63, 3.8) is 0 Å². The van der Waals surface area contributed by atoms with E-state index in [1.807, 2.05) is 22.7 Å². The second-order valence-electron chi connectivity index (χ2n) is 14.1. The molecule has 0 aliphatic heterocycles. The average Bonchev–Trinajstić information content (AvgIpc) is 3.82. The van der Waals surface area contributed by atoms with E-state index in [1.54, 1.807) is 0 Å². The van der Waals surface area contributed by atoms with Gasteiger partial charge in [0.15, 0.2) is 0 Å². The van der Waals surface area contributed by atoms with Crippen molar-refractivity contribution in [2.45, 2.75) is 0 Å². The summed E-state index contributed by atoms with van der Waals surface area (Å²) < 4.78 is 5.31. The Morgan fingerprint density at radius 3 is 1.65 bits per heavy atom. The third kappa shape index (κ3) is 5.60. The van der Waals surface area contributed by atoms with E-state index in [2.05, 4.69) is 205 Å². The highest BCUT2D eigenvalue weighted by atomic mass is 32.1. The molecular weight excluding hydrogens is 703 g/mol. The van der Waals surface area contributed by atoms with Crippen LogP contribution in [0.2, 0.25) is 0 Å². The monoisotopic (exact) mass is 735 g/mol. The minimum absolute atomic E-state index is 1.11. The molecule has 0 fully saturated rings. The number of hydrogen-bond donors (Lipinski definition) is 0. The van der Waals surface area contributed by atoms with Crippen LogP contribution in [0.15, 0.2) is 200 Å². The van der Waals surface area contributed by atoms with E-state index in [9.17, 15) is 0 Å². The lowest BCUT2D eigenvalue weighted by Gasteiger charge is -2.26. The molecule has 0 bridgehead atoms. The van der Waals surface area contributed by atoms with Crippen molar-refractivity contribution in [3.8, 4) is 33.4 Å². The molecule has 11 aromatic rings. The molecule has 0 unspecified atom stereocenters. The van der Waals surface area contributed by atoms with Crippen LogP contribution >= 0.6 is 22.7 Å². The van der Waals surface area contributed by atoms with Crippen molar-refractivity contribution in [1.29, 1.82) is 0 Å². The van der Waals surface area contributed by atoms with Gasteiger partial charge >= 0.3 is 0 Å².